The standard InChI is InChI=1S/C14H23N5O/c1-8(2)12-17-13(16-4)9(3)14(18-12)19-7-5-6-10(19)11(15)20/h8,10H,5-7H2,1-4H3,(H2,15,20)(H,16,17,18). The van der Waals surface area contributed by atoms with Gasteiger partial charge in [-0.3, -0.25) is 4.79 Å². The van der Waals surface area contributed by atoms with Gasteiger partial charge >= 0.3 is 0 Å². The molecule has 0 aliphatic carbocycles. The van der Waals surface area contributed by atoms with Crippen LogP contribution in [0.2, 0.25) is 0 Å². The molecule has 1 aliphatic rings. The molecule has 1 fully saturated rings. The molecule has 6 nitrogen and oxygen atoms in total. The van der Waals surface area contributed by atoms with Crippen LogP contribution in [0.25, 0.3) is 0 Å². The minimum atomic E-state index is -0.280. The molecule has 0 spiro atoms. The van der Waals surface area contributed by atoms with Crippen molar-refractivity contribution in [3.8, 4) is 0 Å². The maximum atomic E-state index is 11.6. The molecule has 6 heteroatoms. The van der Waals surface area contributed by atoms with Crippen molar-refractivity contribution in [1.29, 1.82) is 0 Å². The first-order valence-corrected chi connectivity index (χ1v) is 7.08. The average Bonchev–Trinajstić information content (AvgIpc) is 2.87. The highest BCUT2D eigenvalue weighted by Crippen LogP contribution is 2.30. The lowest BCUT2D eigenvalue weighted by Crippen LogP contribution is -2.41. The molecule has 2 heterocycles. The van der Waals surface area contributed by atoms with Crippen molar-refractivity contribution >= 4 is 17.5 Å². The van der Waals surface area contributed by atoms with Gasteiger partial charge in [0.2, 0.25) is 5.91 Å². The average molecular weight is 277 g/mol. The summed E-state index contributed by atoms with van der Waals surface area (Å²) in [6, 6.07) is -0.256. The topological polar surface area (TPSA) is 84.1 Å². The lowest BCUT2D eigenvalue weighted by Gasteiger charge is -2.26. The van der Waals surface area contributed by atoms with Crippen LogP contribution >= 0.6 is 0 Å². The Balaban J connectivity index is 2.49. The molecule has 1 aromatic rings. The van der Waals surface area contributed by atoms with E-state index in [1.165, 1.54) is 0 Å². The largest absolute Gasteiger partial charge is 0.373 e. The Morgan fingerprint density at radius 3 is 2.70 bits per heavy atom. The summed E-state index contributed by atoms with van der Waals surface area (Å²) in [7, 11) is 1.85. The number of hydrogen-bond donors (Lipinski definition) is 2. The Hall–Kier alpha value is -1.85. The van der Waals surface area contributed by atoms with E-state index in [9.17, 15) is 4.79 Å². The molecule has 1 unspecified atom stereocenters. The summed E-state index contributed by atoms with van der Waals surface area (Å²) in [4.78, 5) is 22.8. The predicted molar refractivity (Wildman–Crippen MR) is 80.0 cm³/mol. The highest BCUT2D eigenvalue weighted by Gasteiger charge is 2.32. The van der Waals surface area contributed by atoms with Crippen LogP contribution in [-0.2, 0) is 4.79 Å². The molecule has 20 heavy (non-hydrogen) atoms. The van der Waals surface area contributed by atoms with Crippen LogP contribution in [0, 0.1) is 6.92 Å². The van der Waals surface area contributed by atoms with E-state index in [-0.39, 0.29) is 17.9 Å². The van der Waals surface area contributed by atoms with E-state index in [0.717, 1.165) is 42.4 Å². The van der Waals surface area contributed by atoms with Gasteiger partial charge in [-0.15, -0.1) is 0 Å². The SMILES string of the molecule is CNc1nc(C(C)C)nc(N2CCCC2C(N)=O)c1C. The third-order valence-corrected chi connectivity index (χ3v) is 3.74. The lowest BCUT2D eigenvalue weighted by atomic mass is 10.1. The molecule has 1 aliphatic heterocycles. The number of anilines is 2. The van der Waals surface area contributed by atoms with Gasteiger partial charge in [0.15, 0.2) is 0 Å². The van der Waals surface area contributed by atoms with Crippen LogP contribution in [0.3, 0.4) is 0 Å². The van der Waals surface area contributed by atoms with Crippen molar-refractivity contribution in [3.05, 3.63) is 11.4 Å². The number of nitrogens with zero attached hydrogens (tertiary/aromatic N) is 3. The van der Waals surface area contributed by atoms with Crippen LogP contribution in [0.5, 0.6) is 0 Å². The van der Waals surface area contributed by atoms with Gasteiger partial charge in [0.1, 0.15) is 23.5 Å². The molecular formula is C14H23N5O. The van der Waals surface area contributed by atoms with Crippen LogP contribution in [0.15, 0.2) is 0 Å². The maximum absolute atomic E-state index is 11.6. The lowest BCUT2D eigenvalue weighted by molar-refractivity contribution is -0.119. The monoisotopic (exact) mass is 277 g/mol. The molecule has 0 radical (unpaired) electrons. The maximum Gasteiger partial charge on any atom is 0.240 e. The minimum Gasteiger partial charge on any atom is -0.373 e. The third-order valence-electron chi connectivity index (χ3n) is 3.74. The molecule has 0 aromatic carbocycles. The van der Waals surface area contributed by atoms with Crippen molar-refractivity contribution in [1.82, 2.24) is 9.97 Å². The number of hydrogen-bond acceptors (Lipinski definition) is 5. The zero-order valence-corrected chi connectivity index (χ0v) is 12.6. The number of amides is 1. The number of aromatic nitrogens is 2. The molecule has 0 bridgehead atoms. The first kappa shape index (κ1) is 14.6. The first-order valence-electron chi connectivity index (χ1n) is 7.08. The summed E-state index contributed by atoms with van der Waals surface area (Å²) in [5.41, 5.74) is 6.47. The predicted octanol–water partition coefficient (Wildman–Crippen LogP) is 1.40. The molecule has 1 atom stereocenters. The highest BCUT2D eigenvalue weighted by molar-refractivity contribution is 5.84. The third kappa shape index (κ3) is 2.55. The van der Waals surface area contributed by atoms with Crippen molar-refractivity contribution in [3.63, 3.8) is 0 Å². The molecular weight excluding hydrogens is 254 g/mol. The summed E-state index contributed by atoms with van der Waals surface area (Å²) in [5, 5.41) is 3.10. The number of carbonyl (C=O) groups excluding carboxylic acids is 1. The van der Waals surface area contributed by atoms with Crippen molar-refractivity contribution < 1.29 is 4.79 Å². The van der Waals surface area contributed by atoms with Gasteiger partial charge < -0.3 is 16.0 Å². The summed E-state index contributed by atoms with van der Waals surface area (Å²) in [6.45, 7) is 6.90. The summed E-state index contributed by atoms with van der Waals surface area (Å²) in [6.07, 6.45) is 1.76. The van der Waals surface area contributed by atoms with Gasteiger partial charge in [0, 0.05) is 25.1 Å². The quantitative estimate of drug-likeness (QED) is 0.869. The van der Waals surface area contributed by atoms with Gasteiger partial charge in [0.05, 0.1) is 0 Å². The Bertz CT molecular complexity index is 515. The van der Waals surface area contributed by atoms with Gasteiger partial charge in [0.25, 0.3) is 0 Å². The molecule has 1 aromatic heterocycles. The zero-order chi connectivity index (χ0) is 14.9. The van der Waals surface area contributed by atoms with Crippen molar-refractivity contribution in [2.45, 2.75) is 45.6 Å². The summed E-state index contributed by atoms with van der Waals surface area (Å²) >= 11 is 0. The van der Waals surface area contributed by atoms with Gasteiger partial charge in [-0.1, -0.05) is 13.8 Å². The molecule has 1 amide bonds. The van der Waals surface area contributed by atoms with Crippen molar-refractivity contribution in [2.75, 3.05) is 23.8 Å². The molecule has 0 saturated carbocycles. The van der Waals surface area contributed by atoms with Gasteiger partial charge in [-0.25, -0.2) is 9.97 Å². The van der Waals surface area contributed by atoms with E-state index in [0.29, 0.717) is 0 Å². The molecule has 3 N–H and O–H groups in total. The number of carbonyl (C=O) groups is 1. The van der Waals surface area contributed by atoms with Crippen LogP contribution in [0.4, 0.5) is 11.6 Å². The van der Waals surface area contributed by atoms with Crippen LogP contribution in [0.1, 0.15) is 44.0 Å². The highest BCUT2D eigenvalue weighted by atomic mass is 16.1. The van der Waals surface area contributed by atoms with Crippen LogP contribution in [-0.4, -0.2) is 35.5 Å². The molecule has 110 valence electrons. The first-order chi connectivity index (χ1) is 9.45. The number of nitrogens with two attached hydrogens (primary N) is 1. The van der Waals surface area contributed by atoms with Gasteiger partial charge in [-0.05, 0) is 19.8 Å². The zero-order valence-electron chi connectivity index (χ0n) is 12.6. The minimum absolute atomic E-state index is 0.232. The van der Waals surface area contributed by atoms with E-state index in [1.54, 1.807) is 0 Å². The van der Waals surface area contributed by atoms with Gasteiger partial charge in [-0.2, -0.15) is 0 Å². The van der Waals surface area contributed by atoms with Crippen LogP contribution < -0.4 is 16.0 Å². The smallest absolute Gasteiger partial charge is 0.240 e. The summed E-state index contributed by atoms with van der Waals surface area (Å²) in [5.74, 6) is 2.38. The van der Waals surface area contributed by atoms with E-state index in [1.807, 2.05) is 18.9 Å². The van der Waals surface area contributed by atoms with E-state index in [2.05, 4.69) is 29.1 Å². The van der Waals surface area contributed by atoms with E-state index < -0.39 is 0 Å². The normalized spacial score (nSPS) is 18.6. The fraction of sp³-hybridized carbons (Fsp3) is 0.643. The Morgan fingerprint density at radius 2 is 2.15 bits per heavy atom. The van der Waals surface area contributed by atoms with Crippen molar-refractivity contribution in [2.24, 2.45) is 5.73 Å². The summed E-state index contributed by atoms with van der Waals surface area (Å²) < 4.78 is 0. The second kappa shape index (κ2) is 5.64. The van der Waals surface area contributed by atoms with E-state index >= 15 is 0 Å². The van der Waals surface area contributed by atoms with E-state index in [4.69, 9.17) is 5.73 Å². The number of rotatable bonds is 4. The Labute approximate surface area is 119 Å². The number of primary amides is 1. The molecule has 2 rings (SSSR count). The Kier molecular flexibility index (Phi) is 4.11. The Morgan fingerprint density at radius 1 is 1.45 bits per heavy atom. The fourth-order valence-electron chi connectivity index (χ4n) is 2.62. The second-order valence-electron chi connectivity index (χ2n) is 5.54. The molecule has 1 saturated heterocycles. The fourth-order valence-corrected chi connectivity index (χ4v) is 2.62. The number of nitrogens with one attached hydrogen (secondary N) is 1. The second-order valence-corrected chi connectivity index (χ2v) is 5.54.